The molecule has 0 unspecified atom stereocenters. The van der Waals surface area contributed by atoms with Gasteiger partial charge in [0.1, 0.15) is 34.5 Å². The molecule has 648 valence electrons. The third kappa shape index (κ3) is 17.0. The molecule has 24 rings (SSSR count). The van der Waals surface area contributed by atoms with Crippen LogP contribution in [0, 0.1) is 17.5 Å². The van der Waals surface area contributed by atoms with Gasteiger partial charge in [-0.3, -0.25) is 59.9 Å². The van der Waals surface area contributed by atoms with Crippen molar-refractivity contribution in [3.8, 4) is 101 Å². The van der Waals surface area contributed by atoms with E-state index >= 15 is 0 Å². The number of likely N-dealkylation sites (tertiary alicyclic amines) is 3. The summed E-state index contributed by atoms with van der Waals surface area (Å²) in [5.74, 6) is 0.917. The first-order chi connectivity index (χ1) is 63.5. The summed E-state index contributed by atoms with van der Waals surface area (Å²) in [4.78, 5) is 79.6. The van der Waals surface area contributed by atoms with E-state index in [2.05, 4.69) is 156 Å². The number of H-pyrrole nitrogens is 6. The van der Waals surface area contributed by atoms with E-state index in [4.69, 9.17) is 29.2 Å². The second kappa shape index (κ2) is 35.5. The molecule has 6 fully saturated rings. The molecule has 6 aliphatic heterocycles. The maximum atomic E-state index is 14.9. The molecule has 0 radical (unpaired) electrons. The van der Waals surface area contributed by atoms with Crippen molar-refractivity contribution in [1.82, 2.24) is 120 Å². The monoisotopic (exact) mass is 1730 g/mol. The maximum absolute atomic E-state index is 14.9. The van der Waals surface area contributed by atoms with Crippen LogP contribution in [-0.4, -0.2) is 238 Å². The molecule has 6 N–H and O–H groups in total. The first-order valence-corrected chi connectivity index (χ1v) is 44.0. The molecule has 0 aliphatic carbocycles. The maximum Gasteiger partial charge on any atom is 0.181 e. The van der Waals surface area contributed by atoms with Crippen molar-refractivity contribution in [2.24, 2.45) is 0 Å². The topological polar surface area (TPSA) is 335 Å². The van der Waals surface area contributed by atoms with Crippen LogP contribution in [-0.2, 0) is 33.8 Å². The van der Waals surface area contributed by atoms with E-state index in [9.17, 15) is 13.2 Å². The van der Waals surface area contributed by atoms with Crippen LogP contribution in [0.1, 0.15) is 55.2 Å². The summed E-state index contributed by atoms with van der Waals surface area (Å²) in [7, 11) is 0. The summed E-state index contributed by atoms with van der Waals surface area (Å²) in [5.41, 5.74) is 24.7. The second-order valence-electron chi connectivity index (χ2n) is 33.7. The summed E-state index contributed by atoms with van der Waals surface area (Å²) >= 11 is 0. The SMILES string of the molecule is Fc1cc(-c2cncc3[nH]c(-c4[nH]nc5ncc(-c6cncc(CN7CCC7)c6)cc45)nc23)cc(N2CCOCC2)c1.Fc1cc(-c2cncc3[nH]c(-c4[nH]nc5ncc(-c6cncc(CN7CCCC7)c6)cc45)nc23)cc(N2CCOCC2)c1.Fc1cc(-c2cncc3[nH]c(-c4[nH]nc5ncc(-c6cncc(CN7CCCCC7)c6)cc45)nc23)cc(N2CCOCC2)c1. The van der Waals surface area contributed by atoms with Crippen molar-refractivity contribution < 1.29 is 27.4 Å². The van der Waals surface area contributed by atoms with Gasteiger partial charge in [-0.15, -0.1) is 0 Å². The quantitative estimate of drug-likeness (QED) is 0.0465. The van der Waals surface area contributed by atoms with Crippen molar-refractivity contribution in [1.29, 1.82) is 0 Å². The number of hydrogen-bond acceptors (Lipinski definition) is 24. The van der Waals surface area contributed by atoms with E-state index in [1.54, 1.807) is 55.4 Å². The average molecular weight is 1730 g/mol. The van der Waals surface area contributed by atoms with Crippen molar-refractivity contribution >= 4 is 83.3 Å². The fourth-order valence-electron chi connectivity index (χ4n) is 18.3. The number of benzene rings is 3. The molecule has 6 aliphatic rings. The van der Waals surface area contributed by atoms with Gasteiger partial charge < -0.3 is 43.9 Å². The molecule has 0 bridgehead atoms. The van der Waals surface area contributed by atoms with E-state index < -0.39 is 0 Å². The van der Waals surface area contributed by atoms with Gasteiger partial charge in [-0.05, 0) is 196 Å². The molecule has 3 aromatic carbocycles. The smallest absolute Gasteiger partial charge is 0.181 e. The summed E-state index contributed by atoms with van der Waals surface area (Å²) in [6, 6.07) is 28.1. The Labute approximate surface area is 737 Å². The van der Waals surface area contributed by atoms with E-state index in [-0.39, 0.29) is 17.5 Å². The van der Waals surface area contributed by atoms with Gasteiger partial charge in [0.05, 0.1) is 107 Å². The lowest BCUT2D eigenvalue weighted by molar-refractivity contribution is 0.122. The molecular weight excluding hydrogens is 1640 g/mol. The van der Waals surface area contributed by atoms with Crippen molar-refractivity contribution in [3.05, 3.63) is 218 Å². The molecular formula is C96H90F3N27O3. The number of aromatic nitrogens is 21. The lowest BCUT2D eigenvalue weighted by atomic mass is 10.0. The Morgan fingerprint density at radius 2 is 0.574 bits per heavy atom. The van der Waals surface area contributed by atoms with Crippen LogP contribution in [0.4, 0.5) is 30.2 Å². The Bertz CT molecular complexity index is 7150. The summed E-state index contributed by atoms with van der Waals surface area (Å²) < 4.78 is 61.0. The zero-order valence-electron chi connectivity index (χ0n) is 70.7. The van der Waals surface area contributed by atoms with Crippen LogP contribution < -0.4 is 14.7 Å². The molecule has 15 aromatic heterocycles. The highest BCUT2D eigenvalue weighted by atomic mass is 19.1. The van der Waals surface area contributed by atoms with E-state index in [0.29, 0.717) is 90.6 Å². The summed E-state index contributed by atoms with van der Waals surface area (Å²) in [5, 5.41) is 25.2. The summed E-state index contributed by atoms with van der Waals surface area (Å²) in [6.45, 7) is 17.6. The second-order valence-corrected chi connectivity index (χ2v) is 33.7. The summed E-state index contributed by atoms with van der Waals surface area (Å²) in [6.07, 6.45) is 35.0. The number of aromatic amines is 6. The Hall–Kier alpha value is -14.2. The third-order valence-corrected chi connectivity index (χ3v) is 25.0. The molecule has 0 amide bonds. The number of piperidine rings is 1. The fraction of sp³-hybridized carbons (Fsp3) is 0.281. The molecule has 18 aromatic rings. The number of ether oxygens (including phenoxy) is 3. The predicted octanol–water partition coefficient (Wildman–Crippen LogP) is 15.6. The molecule has 33 heteroatoms. The van der Waals surface area contributed by atoms with Gasteiger partial charge in [0.25, 0.3) is 0 Å². The number of anilines is 3. The van der Waals surface area contributed by atoms with E-state index in [1.165, 1.54) is 73.4 Å². The molecule has 129 heavy (non-hydrogen) atoms. The third-order valence-electron chi connectivity index (χ3n) is 25.0. The number of fused-ring (bicyclic) bond motifs is 6. The lowest BCUT2D eigenvalue weighted by Gasteiger charge is -2.30. The number of nitrogens with zero attached hydrogens (tertiary/aromatic N) is 21. The largest absolute Gasteiger partial charge is 0.378 e. The molecule has 0 spiro atoms. The Kier molecular flexibility index (Phi) is 22.2. The normalized spacial score (nSPS) is 16.1. The zero-order valence-corrected chi connectivity index (χ0v) is 70.7. The number of hydrogen-bond donors (Lipinski definition) is 6. The van der Waals surface area contributed by atoms with Gasteiger partial charge >= 0.3 is 0 Å². The van der Waals surface area contributed by atoms with Gasteiger partial charge in [-0.2, -0.15) is 15.3 Å². The minimum atomic E-state index is -0.302. The first kappa shape index (κ1) is 80.6. The van der Waals surface area contributed by atoms with E-state index in [1.807, 2.05) is 74.0 Å². The molecule has 30 nitrogen and oxygen atoms in total. The van der Waals surface area contributed by atoms with Crippen LogP contribution in [0.2, 0.25) is 0 Å². The van der Waals surface area contributed by atoms with Crippen LogP contribution in [0.5, 0.6) is 0 Å². The van der Waals surface area contributed by atoms with Gasteiger partial charge in [0.15, 0.2) is 34.4 Å². The van der Waals surface area contributed by atoms with Crippen LogP contribution in [0.25, 0.3) is 168 Å². The molecule has 0 saturated carbocycles. The van der Waals surface area contributed by atoms with Crippen LogP contribution in [0.3, 0.4) is 0 Å². The van der Waals surface area contributed by atoms with Crippen LogP contribution >= 0.6 is 0 Å². The number of pyridine rings is 9. The van der Waals surface area contributed by atoms with Crippen molar-refractivity contribution in [2.45, 2.75) is 58.2 Å². The van der Waals surface area contributed by atoms with Gasteiger partial charge in [-0.1, -0.05) is 6.42 Å². The number of nitrogens with one attached hydrogen (secondary N) is 6. The predicted molar refractivity (Wildman–Crippen MR) is 489 cm³/mol. The number of halogens is 3. The Morgan fingerprint density at radius 3 is 0.884 bits per heavy atom. The molecule has 0 atom stereocenters. The first-order valence-electron chi connectivity index (χ1n) is 44.0. The Morgan fingerprint density at radius 1 is 0.279 bits per heavy atom. The van der Waals surface area contributed by atoms with Crippen molar-refractivity contribution in [3.63, 3.8) is 0 Å². The standard InChI is InChI=1S/C33H32FN9O.C32H30FN9O.C31H28FN9O/c34-25-11-22(12-26(14-25)43-6-8-44-9-7-43)28-18-36-19-29-30(28)39-33(38-29)31-27-13-24(17-37-32(27)41-40-31)23-10-21(15-35-16-23)20-42-4-2-1-3-5-42;33-24-10-21(11-25(13-24)42-5-7-43-8-6-42)27-17-35-18-28-29(27)38-32(37-28)30-26-12-23(16-36-31(26)40-39-30)22-9-20(14-34-15-22)19-41-3-1-2-4-41;32-23-9-20(10-24(12-23)41-4-6-42-7-5-41)26-16-34-17-27-28(26)37-31(36-27)29-25-11-22(15-35-30(25)39-38-29)21-8-19(13-33-14-21)18-40-2-1-3-40/h10-19H,1-9,20H2,(H,38,39)(H,37,40,41);9-18H,1-8,19H2,(H,37,38)(H,36,39,40);8-17H,1-7,18H2,(H,36,37)(H,35,38,39). The average Bonchev–Trinajstić information content (AvgIpc) is 1.63. The number of rotatable bonds is 18. The highest BCUT2D eigenvalue weighted by Gasteiger charge is 2.27. The number of imidazole rings is 3. The molecule has 21 heterocycles. The van der Waals surface area contributed by atoms with Crippen LogP contribution in [0.15, 0.2) is 184 Å². The lowest BCUT2D eigenvalue weighted by Crippen LogP contribution is -2.36. The molecule has 6 saturated heterocycles. The fourth-order valence-corrected chi connectivity index (χ4v) is 18.3. The van der Waals surface area contributed by atoms with Crippen molar-refractivity contribution in [2.75, 3.05) is 133 Å². The van der Waals surface area contributed by atoms with Gasteiger partial charge in [-0.25, -0.2) is 43.1 Å². The minimum absolute atomic E-state index is 0.301. The highest BCUT2D eigenvalue weighted by molar-refractivity contribution is 6.01. The van der Waals surface area contributed by atoms with E-state index in [0.717, 1.165) is 232 Å². The zero-order chi connectivity index (χ0) is 86.3. The van der Waals surface area contributed by atoms with Gasteiger partial charge in [0, 0.05) is 200 Å². The number of morpholine rings is 3. The highest BCUT2D eigenvalue weighted by Crippen LogP contribution is 2.40. The minimum Gasteiger partial charge on any atom is -0.378 e. The van der Waals surface area contributed by atoms with Gasteiger partial charge in [0.2, 0.25) is 0 Å². The Balaban J connectivity index is 0.000000114.